The van der Waals surface area contributed by atoms with E-state index in [-0.39, 0.29) is 36.8 Å². The fourth-order valence-corrected chi connectivity index (χ4v) is 5.67. The highest BCUT2D eigenvalue weighted by Crippen LogP contribution is 2.20. The van der Waals surface area contributed by atoms with Crippen LogP contribution in [0.25, 0.3) is 0 Å². The Morgan fingerprint density at radius 2 is 1.64 bits per heavy atom. The van der Waals surface area contributed by atoms with Crippen molar-refractivity contribution in [2.24, 2.45) is 0 Å². The summed E-state index contributed by atoms with van der Waals surface area (Å²) < 4.78 is 76.5. The van der Waals surface area contributed by atoms with E-state index in [9.17, 15) is 30.4 Å². The summed E-state index contributed by atoms with van der Waals surface area (Å²) in [5, 5.41) is 0. The lowest BCUT2D eigenvalue weighted by Gasteiger charge is -2.34. The van der Waals surface area contributed by atoms with Crippen molar-refractivity contribution in [3.63, 3.8) is 0 Å². The number of piperazine rings is 1. The molecule has 0 saturated carbocycles. The maximum atomic E-state index is 13.3. The molecule has 0 unspecified atom stereocenters. The molecule has 1 amide bonds. The third kappa shape index (κ3) is 5.71. The Kier molecular flexibility index (Phi) is 7.52. The van der Waals surface area contributed by atoms with Crippen LogP contribution in [0, 0.1) is 11.6 Å². The van der Waals surface area contributed by atoms with E-state index in [1.54, 1.807) is 0 Å². The van der Waals surface area contributed by atoms with Crippen LogP contribution >= 0.6 is 0 Å². The van der Waals surface area contributed by atoms with Gasteiger partial charge in [-0.15, -0.1) is 0 Å². The third-order valence-electron chi connectivity index (χ3n) is 4.52. The van der Waals surface area contributed by atoms with E-state index in [1.165, 1.54) is 4.90 Å². The van der Waals surface area contributed by atoms with E-state index in [0.717, 1.165) is 29.3 Å². The fraction of sp³-hybridized carbons (Fsp3) is 0.588. The van der Waals surface area contributed by atoms with Gasteiger partial charge in [0.05, 0.1) is 10.6 Å². The van der Waals surface area contributed by atoms with Crippen LogP contribution in [0.1, 0.15) is 26.2 Å². The Morgan fingerprint density at radius 3 is 2.21 bits per heavy atom. The first-order chi connectivity index (χ1) is 13.1. The molecule has 0 aromatic heterocycles. The van der Waals surface area contributed by atoms with Crippen LogP contribution in [-0.2, 0) is 24.7 Å². The molecule has 158 valence electrons. The van der Waals surface area contributed by atoms with E-state index >= 15 is 0 Å². The van der Waals surface area contributed by atoms with Gasteiger partial charge in [0.2, 0.25) is 15.9 Å². The van der Waals surface area contributed by atoms with Gasteiger partial charge in [0.15, 0.2) is 21.5 Å². The van der Waals surface area contributed by atoms with Crippen LogP contribution in [0.5, 0.6) is 0 Å². The zero-order valence-corrected chi connectivity index (χ0v) is 17.2. The predicted octanol–water partition coefficient (Wildman–Crippen LogP) is 1.40. The topological polar surface area (TPSA) is 91.8 Å². The third-order valence-corrected chi connectivity index (χ3v) is 8.01. The molecule has 1 aliphatic rings. The van der Waals surface area contributed by atoms with Gasteiger partial charge in [-0.05, 0) is 24.6 Å². The Bertz CT molecular complexity index is 911. The lowest BCUT2D eigenvalue weighted by atomic mass is 10.3. The molecule has 0 N–H and O–H groups in total. The Morgan fingerprint density at radius 1 is 1.00 bits per heavy atom. The van der Waals surface area contributed by atoms with Gasteiger partial charge in [-0.25, -0.2) is 25.6 Å². The molecular formula is C17H24F2N2O5S2. The fourth-order valence-electron chi connectivity index (χ4n) is 2.89. The molecule has 11 heteroatoms. The Balaban J connectivity index is 1.96. The van der Waals surface area contributed by atoms with Gasteiger partial charge in [0, 0.05) is 26.2 Å². The van der Waals surface area contributed by atoms with Crippen molar-refractivity contribution in [3.8, 4) is 0 Å². The largest absolute Gasteiger partial charge is 0.339 e. The van der Waals surface area contributed by atoms with Crippen molar-refractivity contribution in [2.75, 3.05) is 37.7 Å². The summed E-state index contributed by atoms with van der Waals surface area (Å²) in [4.78, 5) is 13.2. The van der Waals surface area contributed by atoms with Crippen molar-refractivity contribution in [1.29, 1.82) is 0 Å². The zero-order chi connectivity index (χ0) is 20.9. The second-order valence-corrected chi connectivity index (χ2v) is 10.8. The summed E-state index contributed by atoms with van der Waals surface area (Å²) in [6.07, 6.45) is 2.15. The molecule has 7 nitrogen and oxygen atoms in total. The molecule has 1 saturated heterocycles. The molecule has 0 spiro atoms. The van der Waals surface area contributed by atoms with Gasteiger partial charge < -0.3 is 4.90 Å². The van der Waals surface area contributed by atoms with E-state index in [4.69, 9.17) is 0 Å². The molecule has 1 heterocycles. The van der Waals surface area contributed by atoms with Crippen LogP contribution in [0.3, 0.4) is 0 Å². The Hall–Kier alpha value is -1.59. The predicted molar refractivity (Wildman–Crippen MR) is 99.9 cm³/mol. The lowest BCUT2D eigenvalue weighted by Crippen LogP contribution is -2.51. The van der Waals surface area contributed by atoms with Crippen molar-refractivity contribution < 1.29 is 30.4 Å². The second kappa shape index (κ2) is 9.27. The molecule has 2 rings (SSSR count). The minimum atomic E-state index is -4.03. The number of amides is 1. The highest BCUT2D eigenvalue weighted by molar-refractivity contribution is 7.92. The minimum absolute atomic E-state index is 0.0339. The summed E-state index contributed by atoms with van der Waals surface area (Å²) in [5.74, 6) is -3.59. The molecule has 0 atom stereocenters. The molecule has 0 aliphatic carbocycles. The SMILES string of the molecule is CCCCCS(=O)(=O)CC(=O)N1CCN(S(=O)(=O)c2ccc(F)c(F)c2)CC1. The van der Waals surface area contributed by atoms with Crippen LogP contribution in [-0.4, -0.2) is 69.6 Å². The van der Waals surface area contributed by atoms with Crippen LogP contribution < -0.4 is 0 Å². The number of hydrogen-bond donors (Lipinski definition) is 0. The molecule has 1 aliphatic heterocycles. The first-order valence-corrected chi connectivity index (χ1v) is 12.3. The Labute approximate surface area is 164 Å². The number of rotatable bonds is 8. The van der Waals surface area contributed by atoms with Crippen molar-refractivity contribution in [3.05, 3.63) is 29.8 Å². The molecule has 1 aromatic carbocycles. The molecular weight excluding hydrogens is 414 g/mol. The number of hydrogen-bond acceptors (Lipinski definition) is 5. The van der Waals surface area contributed by atoms with Crippen LogP contribution in [0.4, 0.5) is 8.78 Å². The number of benzene rings is 1. The molecule has 1 fully saturated rings. The number of carbonyl (C=O) groups is 1. The average molecular weight is 439 g/mol. The maximum absolute atomic E-state index is 13.3. The number of sulfone groups is 1. The van der Waals surface area contributed by atoms with Crippen LogP contribution in [0.2, 0.25) is 0 Å². The zero-order valence-electron chi connectivity index (χ0n) is 15.6. The summed E-state index contributed by atoms with van der Waals surface area (Å²) in [6.45, 7) is 1.91. The number of nitrogens with zero attached hydrogens (tertiary/aromatic N) is 2. The van der Waals surface area contributed by atoms with E-state index in [2.05, 4.69) is 0 Å². The normalized spacial score (nSPS) is 16.3. The van der Waals surface area contributed by atoms with Gasteiger partial charge in [0.25, 0.3) is 0 Å². The first kappa shape index (κ1) is 22.7. The number of carbonyl (C=O) groups excluding carboxylic acids is 1. The molecule has 1 aromatic rings. The van der Waals surface area contributed by atoms with E-state index < -0.39 is 43.2 Å². The van der Waals surface area contributed by atoms with E-state index in [0.29, 0.717) is 12.5 Å². The summed E-state index contributed by atoms with van der Waals surface area (Å²) >= 11 is 0. The second-order valence-electron chi connectivity index (χ2n) is 6.66. The quantitative estimate of drug-likeness (QED) is 0.572. The number of halogens is 2. The summed E-state index contributed by atoms with van der Waals surface area (Å²) in [5.41, 5.74) is 0. The van der Waals surface area contributed by atoms with Gasteiger partial charge in [-0.3, -0.25) is 4.79 Å². The lowest BCUT2D eigenvalue weighted by molar-refractivity contribution is -0.129. The van der Waals surface area contributed by atoms with Crippen molar-refractivity contribution in [2.45, 2.75) is 31.1 Å². The average Bonchev–Trinajstić information content (AvgIpc) is 2.63. The molecule has 0 bridgehead atoms. The van der Waals surface area contributed by atoms with Gasteiger partial charge >= 0.3 is 0 Å². The number of unbranched alkanes of at least 4 members (excludes halogenated alkanes) is 2. The summed E-state index contributed by atoms with van der Waals surface area (Å²) in [6, 6.07) is 2.34. The summed E-state index contributed by atoms with van der Waals surface area (Å²) in [7, 11) is -7.53. The monoisotopic (exact) mass is 438 g/mol. The molecule has 0 radical (unpaired) electrons. The number of sulfonamides is 1. The van der Waals surface area contributed by atoms with Gasteiger partial charge in [-0.1, -0.05) is 19.8 Å². The molecule has 28 heavy (non-hydrogen) atoms. The maximum Gasteiger partial charge on any atom is 0.243 e. The van der Waals surface area contributed by atoms with Gasteiger partial charge in [0.1, 0.15) is 5.75 Å². The smallest absolute Gasteiger partial charge is 0.243 e. The highest BCUT2D eigenvalue weighted by Gasteiger charge is 2.31. The van der Waals surface area contributed by atoms with Crippen molar-refractivity contribution >= 4 is 25.8 Å². The minimum Gasteiger partial charge on any atom is -0.339 e. The standard InChI is InChI=1S/C17H24F2N2O5S2/c1-2-3-4-11-27(23,24)13-17(22)20-7-9-21(10-8-20)28(25,26)14-5-6-15(18)16(19)12-14/h5-6,12H,2-4,7-11,13H2,1H3. The van der Waals surface area contributed by atoms with Crippen LogP contribution in [0.15, 0.2) is 23.1 Å². The van der Waals surface area contributed by atoms with Crippen molar-refractivity contribution in [1.82, 2.24) is 9.21 Å². The first-order valence-electron chi connectivity index (χ1n) is 9.00. The van der Waals surface area contributed by atoms with E-state index in [1.807, 2.05) is 6.92 Å². The van der Waals surface area contributed by atoms with Gasteiger partial charge in [-0.2, -0.15) is 4.31 Å². The highest BCUT2D eigenvalue weighted by atomic mass is 32.2.